The normalized spacial score (nSPS) is 11.5. The van der Waals surface area contributed by atoms with Crippen molar-refractivity contribution in [2.24, 2.45) is 0 Å². The third-order valence-corrected chi connectivity index (χ3v) is 4.12. The summed E-state index contributed by atoms with van der Waals surface area (Å²) in [6.45, 7) is 7.11. The number of nitrogens with one attached hydrogen (secondary N) is 1. The highest BCUT2D eigenvalue weighted by Gasteiger charge is 2.06. The van der Waals surface area contributed by atoms with Crippen molar-refractivity contribution < 1.29 is 0 Å². The summed E-state index contributed by atoms with van der Waals surface area (Å²) < 4.78 is 0. The van der Waals surface area contributed by atoms with E-state index >= 15 is 0 Å². The predicted octanol–water partition coefficient (Wildman–Crippen LogP) is 2.71. The van der Waals surface area contributed by atoms with E-state index in [0.29, 0.717) is 6.04 Å². The van der Waals surface area contributed by atoms with Crippen molar-refractivity contribution in [3.8, 4) is 0 Å². The molecule has 4 nitrogen and oxygen atoms in total. The Morgan fingerprint density at radius 3 is 2.76 bits per heavy atom. The van der Waals surface area contributed by atoms with Crippen molar-refractivity contribution in [2.75, 3.05) is 13.6 Å². The van der Waals surface area contributed by atoms with Gasteiger partial charge in [-0.05, 0) is 31.2 Å². The molecule has 1 N–H and O–H groups in total. The summed E-state index contributed by atoms with van der Waals surface area (Å²) in [4.78, 5) is 11.0. The molecule has 2 heterocycles. The lowest BCUT2D eigenvalue weighted by Gasteiger charge is -2.15. The van der Waals surface area contributed by atoms with E-state index in [-0.39, 0.29) is 0 Å². The molecule has 0 aliphatic carbocycles. The molecule has 0 aliphatic rings. The molecular formula is C16H24N4S. The van der Waals surface area contributed by atoms with Gasteiger partial charge in [-0.2, -0.15) is 0 Å². The molecule has 0 radical (unpaired) electrons. The highest BCUT2D eigenvalue weighted by atomic mass is 32.1. The maximum Gasteiger partial charge on any atom is 0.107 e. The highest BCUT2D eigenvalue weighted by Crippen LogP contribution is 2.11. The molecule has 0 spiro atoms. The van der Waals surface area contributed by atoms with Gasteiger partial charge >= 0.3 is 0 Å². The Bertz CT molecular complexity index is 524. The van der Waals surface area contributed by atoms with Crippen molar-refractivity contribution in [1.29, 1.82) is 0 Å². The topological polar surface area (TPSA) is 41.1 Å². The van der Waals surface area contributed by atoms with Gasteiger partial charge in [0.1, 0.15) is 5.01 Å². The van der Waals surface area contributed by atoms with Gasteiger partial charge in [-0.1, -0.05) is 13.8 Å². The van der Waals surface area contributed by atoms with Crippen LogP contribution in [0.2, 0.25) is 0 Å². The Hall–Kier alpha value is -1.30. The molecule has 0 saturated heterocycles. The second kappa shape index (κ2) is 8.22. The second-order valence-electron chi connectivity index (χ2n) is 5.61. The Kier molecular flexibility index (Phi) is 6.29. The molecule has 114 valence electrons. The largest absolute Gasteiger partial charge is 0.308 e. The van der Waals surface area contributed by atoms with E-state index in [1.807, 2.05) is 12.4 Å². The van der Waals surface area contributed by atoms with Crippen molar-refractivity contribution in [3.63, 3.8) is 0 Å². The van der Waals surface area contributed by atoms with Gasteiger partial charge in [-0.25, -0.2) is 4.98 Å². The fourth-order valence-electron chi connectivity index (χ4n) is 2.02. The molecule has 21 heavy (non-hydrogen) atoms. The summed E-state index contributed by atoms with van der Waals surface area (Å²) in [5.41, 5.74) is 2.50. The van der Waals surface area contributed by atoms with Crippen LogP contribution in [0, 0.1) is 0 Å². The average Bonchev–Trinajstić information content (AvgIpc) is 2.91. The maximum absolute atomic E-state index is 4.68. The van der Waals surface area contributed by atoms with Crippen LogP contribution in [0.4, 0.5) is 0 Å². The van der Waals surface area contributed by atoms with E-state index in [1.54, 1.807) is 11.3 Å². The van der Waals surface area contributed by atoms with Crippen molar-refractivity contribution in [3.05, 3.63) is 46.2 Å². The first-order chi connectivity index (χ1) is 10.1. The average molecular weight is 304 g/mol. The Morgan fingerprint density at radius 1 is 1.29 bits per heavy atom. The molecule has 0 fully saturated rings. The van der Waals surface area contributed by atoms with Crippen molar-refractivity contribution >= 4 is 11.3 Å². The molecule has 2 rings (SSSR count). The van der Waals surface area contributed by atoms with Crippen LogP contribution in [0.3, 0.4) is 0 Å². The van der Waals surface area contributed by atoms with Crippen molar-refractivity contribution in [1.82, 2.24) is 20.2 Å². The predicted molar refractivity (Wildman–Crippen MR) is 88.4 cm³/mol. The first-order valence-corrected chi connectivity index (χ1v) is 8.25. The number of likely N-dealkylation sites (N-methyl/N-ethyl adjacent to an activating group) is 1. The van der Waals surface area contributed by atoms with Crippen LogP contribution in [-0.2, 0) is 19.5 Å². The summed E-state index contributed by atoms with van der Waals surface area (Å²) in [5, 5.41) is 6.74. The third kappa shape index (κ3) is 5.91. The standard InChI is InChI=1S/C16H24N4S/c1-13(2)18-10-16-19-15(12-21-16)11-20(3)9-6-14-4-7-17-8-5-14/h4-5,7-8,12-13,18H,6,9-11H2,1-3H3. The lowest BCUT2D eigenvalue weighted by atomic mass is 10.2. The first-order valence-electron chi connectivity index (χ1n) is 7.37. The minimum Gasteiger partial charge on any atom is -0.308 e. The van der Waals surface area contributed by atoms with Gasteiger partial charge in [0, 0.05) is 43.4 Å². The van der Waals surface area contributed by atoms with Gasteiger partial charge < -0.3 is 10.2 Å². The first kappa shape index (κ1) is 16.1. The van der Waals surface area contributed by atoms with E-state index in [2.05, 4.69) is 58.6 Å². The van der Waals surface area contributed by atoms with E-state index in [0.717, 1.165) is 31.7 Å². The smallest absolute Gasteiger partial charge is 0.107 e. The molecule has 0 unspecified atom stereocenters. The molecule has 2 aromatic rings. The summed E-state index contributed by atoms with van der Waals surface area (Å²) >= 11 is 1.74. The SMILES string of the molecule is CC(C)NCc1nc(CN(C)CCc2ccncc2)cs1. The van der Waals surface area contributed by atoms with Crippen LogP contribution >= 0.6 is 11.3 Å². The Balaban J connectivity index is 1.76. The van der Waals surface area contributed by atoms with Crippen LogP contribution in [0.1, 0.15) is 30.1 Å². The molecule has 5 heteroatoms. The molecule has 0 amide bonds. The second-order valence-corrected chi connectivity index (χ2v) is 6.55. The maximum atomic E-state index is 4.68. The zero-order chi connectivity index (χ0) is 15.1. The molecule has 0 atom stereocenters. The van der Waals surface area contributed by atoms with Gasteiger partial charge in [-0.3, -0.25) is 4.98 Å². The van der Waals surface area contributed by atoms with E-state index < -0.39 is 0 Å². The quantitative estimate of drug-likeness (QED) is 0.814. The monoisotopic (exact) mass is 304 g/mol. The Morgan fingerprint density at radius 2 is 2.05 bits per heavy atom. The molecule has 0 saturated carbocycles. The minimum atomic E-state index is 0.500. The Labute approximate surface area is 131 Å². The van der Waals surface area contributed by atoms with Crippen LogP contribution in [-0.4, -0.2) is 34.5 Å². The number of rotatable bonds is 8. The molecule has 2 aromatic heterocycles. The van der Waals surface area contributed by atoms with Gasteiger partial charge in [0.15, 0.2) is 0 Å². The lowest BCUT2D eigenvalue weighted by molar-refractivity contribution is 0.327. The van der Waals surface area contributed by atoms with Crippen LogP contribution in [0.15, 0.2) is 29.9 Å². The number of hydrogen-bond acceptors (Lipinski definition) is 5. The van der Waals surface area contributed by atoms with Crippen molar-refractivity contribution in [2.45, 2.75) is 39.4 Å². The van der Waals surface area contributed by atoms with Crippen LogP contribution < -0.4 is 5.32 Å². The number of pyridine rings is 1. The minimum absolute atomic E-state index is 0.500. The number of aromatic nitrogens is 2. The number of thiazole rings is 1. The molecule has 0 aliphatic heterocycles. The highest BCUT2D eigenvalue weighted by molar-refractivity contribution is 7.09. The van der Waals surface area contributed by atoms with E-state index in [1.165, 1.54) is 10.6 Å². The van der Waals surface area contributed by atoms with Crippen LogP contribution in [0.25, 0.3) is 0 Å². The zero-order valence-electron chi connectivity index (χ0n) is 13.0. The van der Waals surface area contributed by atoms with E-state index in [4.69, 9.17) is 0 Å². The summed E-state index contributed by atoms with van der Waals surface area (Å²) in [6.07, 6.45) is 4.75. The molecule has 0 bridgehead atoms. The van der Waals surface area contributed by atoms with E-state index in [9.17, 15) is 0 Å². The van der Waals surface area contributed by atoms with Gasteiger partial charge in [-0.15, -0.1) is 11.3 Å². The summed E-state index contributed by atoms with van der Waals surface area (Å²) in [5.74, 6) is 0. The van der Waals surface area contributed by atoms with Gasteiger partial charge in [0.05, 0.1) is 5.69 Å². The lowest BCUT2D eigenvalue weighted by Crippen LogP contribution is -2.22. The number of hydrogen-bond donors (Lipinski definition) is 1. The number of nitrogens with zero attached hydrogens (tertiary/aromatic N) is 3. The summed E-state index contributed by atoms with van der Waals surface area (Å²) in [6, 6.07) is 4.65. The fraction of sp³-hybridized carbons (Fsp3) is 0.500. The fourth-order valence-corrected chi connectivity index (χ4v) is 2.76. The van der Waals surface area contributed by atoms with Gasteiger partial charge in [0.2, 0.25) is 0 Å². The third-order valence-electron chi connectivity index (χ3n) is 3.22. The van der Waals surface area contributed by atoms with Crippen LogP contribution in [0.5, 0.6) is 0 Å². The summed E-state index contributed by atoms with van der Waals surface area (Å²) in [7, 11) is 2.15. The zero-order valence-corrected chi connectivity index (χ0v) is 13.9. The molecular weight excluding hydrogens is 280 g/mol. The molecule has 0 aromatic carbocycles. The van der Waals surface area contributed by atoms with Gasteiger partial charge in [0.25, 0.3) is 0 Å².